The molecule has 0 aliphatic heterocycles. The summed E-state index contributed by atoms with van der Waals surface area (Å²) in [5.74, 6) is 1.85. The van der Waals surface area contributed by atoms with Crippen molar-refractivity contribution in [1.29, 1.82) is 0 Å². The van der Waals surface area contributed by atoms with Gasteiger partial charge >= 0.3 is 0 Å². The van der Waals surface area contributed by atoms with Gasteiger partial charge in [0.05, 0.1) is 16.7 Å². The lowest BCUT2D eigenvalue weighted by Gasteiger charge is -2.13. The summed E-state index contributed by atoms with van der Waals surface area (Å²) in [6.45, 7) is 4.51. The number of nitrogens with one attached hydrogen (secondary N) is 2. The maximum atomic E-state index is 4.64. The first-order valence-electron chi connectivity index (χ1n) is 10.6. The van der Waals surface area contributed by atoms with Gasteiger partial charge in [-0.25, -0.2) is 4.98 Å². The molecule has 0 saturated heterocycles. The van der Waals surface area contributed by atoms with Crippen LogP contribution < -0.4 is 10.6 Å². The number of benzene rings is 2. The lowest BCUT2D eigenvalue weighted by Crippen LogP contribution is -2.37. The molecule has 0 aliphatic carbocycles. The predicted octanol–water partition coefficient (Wildman–Crippen LogP) is 4.78. The van der Waals surface area contributed by atoms with Gasteiger partial charge in [0.1, 0.15) is 5.82 Å². The molecule has 7 heteroatoms. The molecule has 2 heterocycles. The van der Waals surface area contributed by atoms with E-state index < -0.39 is 0 Å². The Morgan fingerprint density at radius 3 is 2.66 bits per heavy atom. The van der Waals surface area contributed by atoms with Crippen molar-refractivity contribution in [1.82, 2.24) is 25.2 Å². The molecule has 0 atom stereocenters. The fourth-order valence-corrected chi connectivity index (χ4v) is 3.70. The minimum atomic E-state index is 0. The summed E-state index contributed by atoms with van der Waals surface area (Å²) in [6.07, 6.45) is 2.80. The zero-order valence-corrected chi connectivity index (χ0v) is 20.8. The Labute approximate surface area is 206 Å². The van der Waals surface area contributed by atoms with Gasteiger partial charge in [-0.3, -0.25) is 9.98 Å². The van der Waals surface area contributed by atoms with Gasteiger partial charge in [0.25, 0.3) is 0 Å². The van der Waals surface area contributed by atoms with Gasteiger partial charge in [-0.1, -0.05) is 36.4 Å². The molecule has 2 aromatic carbocycles. The van der Waals surface area contributed by atoms with Crippen molar-refractivity contribution >= 4 is 41.0 Å². The predicted molar refractivity (Wildman–Crippen MR) is 142 cm³/mol. The Morgan fingerprint density at radius 2 is 1.84 bits per heavy atom. The number of rotatable bonds is 7. The number of imidazole rings is 1. The fourth-order valence-electron chi connectivity index (χ4n) is 3.70. The third-order valence-electron chi connectivity index (χ3n) is 5.27. The van der Waals surface area contributed by atoms with Gasteiger partial charge in [-0.05, 0) is 49.2 Å². The number of aromatic nitrogens is 3. The first-order chi connectivity index (χ1) is 15.2. The lowest BCUT2D eigenvalue weighted by molar-refractivity contribution is 0.624. The smallest absolute Gasteiger partial charge is 0.191 e. The van der Waals surface area contributed by atoms with Gasteiger partial charge in [0.2, 0.25) is 0 Å². The van der Waals surface area contributed by atoms with Crippen LogP contribution in [0.25, 0.3) is 22.3 Å². The van der Waals surface area contributed by atoms with Crippen LogP contribution in [0.2, 0.25) is 0 Å². The van der Waals surface area contributed by atoms with E-state index in [0.717, 1.165) is 48.1 Å². The molecule has 0 radical (unpaired) electrons. The number of hydrogen-bond acceptors (Lipinski definition) is 3. The van der Waals surface area contributed by atoms with E-state index >= 15 is 0 Å². The van der Waals surface area contributed by atoms with E-state index in [4.69, 9.17) is 0 Å². The first-order valence-corrected chi connectivity index (χ1v) is 10.6. The highest BCUT2D eigenvalue weighted by Crippen LogP contribution is 2.18. The molecule has 0 aliphatic rings. The van der Waals surface area contributed by atoms with Crippen LogP contribution in [0.15, 0.2) is 77.9 Å². The molecule has 0 spiro atoms. The minimum absolute atomic E-state index is 0. The standard InChI is InChI=1S/C25H28N6.HI/c1-19-30-23-12-3-4-13-24(23)31(19)16-8-15-28-25(26-2)29-18-20-9-7-10-21(17-20)22-11-5-6-14-27-22;/h3-7,9-14,17H,8,15-16,18H2,1-2H3,(H2,26,28,29);1H. The second kappa shape index (κ2) is 11.6. The number of fused-ring (bicyclic) bond motifs is 1. The fraction of sp³-hybridized carbons (Fsp3) is 0.240. The average molecular weight is 540 g/mol. The largest absolute Gasteiger partial charge is 0.356 e. The van der Waals surface area contributed by atoms with Gasteiger partial charge < -0.3 is 15.2 Å². The molecular weight excluding hydrogens is 511 g/mol. The van der Waals surface area contributed by atoms with E-state index in [1.54, 1.807) is 7.05 Å². The highest BCUT2D eigenvalue weighted by atomic mass is 127. The van der Waals surface area contributed by atoms with Crippen LogP contribution in [-0.4, -0.2) is 34.1 Å². The molecule has 0 saturated carbocycles. The summed E-state index contributed by atoms with van der Waals surface area (Å²) >= 11 is 0. The summed E-state index contributed by atoms with van der Waals surface area (Å²) in [7, 11) is 1.80. The summed E-state index contributed by atoms with van der Waals surface area (Å²) in [6, 6.07) is 22.7. The van der Waals surface area contributed by atoms with Gasteiger partial charge in [0.15, 0.2) is 5.96 Å². The van der Waals surface area contributed by atoms with E-state index in [1.807, 2.05) is 30.5 Å². The number of aryl methyl sites for hydroxylation is 2. The Bertz CT molecular complexity index is 1170. The topological polar surface area (TPSA) is 67.1 Å². The van der Waals surface area contributed by atoms with E-state index in [0.29, 0.717) is 6.54 Å². The molecule has 4 rings (SSSR count). The van der Waals surface area contributed by atoms with Crippen molar-refractivity contribution in [2.45, 2.75) is 26.4 Å². The van der Waals surface area contributed by atoms with Crippen LogP contribution >= 0.6 is 24.0 Å². The summed E-state index contributed by atoms with van der Waals surface area (Å²) < 4.78 is 2.27. The number of para-hydroxylation sites is 2. The SMILES string of the molecule is CN=C(NCCCn1c(C)nc2ccccc21)NCc1cccc(-c2ccccn2)c1.I. The number of hydrogen-bond donors (Lipinski definition) is 2. The second-order valence-corrected chi connectivity index (χ2v) is 7.42. The highest BCUT2D eigenvalue weighted by Gasteiger charge is 2.06. The maximum Gasteiger partial charge on any atom is 0.191 e. The maximum absolute atomic E-state index is 4.64. The first kappa shape index (κ1) is 23.7. The van der Waals surface area contributed by atoms with Crippen molar-refractivity contribution in [3.63, 3.8) is 0 Å². The van der Waals surface area contributed by atoms with Crippen LogP contribution in [0.5, 0.6) is 0 Å². The Balaban J connectivity index is 0.00000289. The summed E-state index contributed by atoms with van der Waals surface area (Å²) in [4.78, 5) is 13.4. The van der Waals surface area contributed by atoms with Crippen molar-refractivity contribution in [3.05, 3.63) is 84.3 Å². The van der Waals surface area contributed by atoms with Crippen molar-refractivity contribution in [3.8, 4) is 11.3 Å². The second-order valence-electron chi connectivity index (χ2n) is 7.42. The Hall–Kier alpha value is -2.94. The van der Waals surface area contributed by atoms with Crippen LogP contribution in [-0.2, 0) is 13.1 Å². The molecule has 32 heavy (non-hydrogen) atoms. The van der Waals surface area contributed by atoms with Crippen molar-refractivity contribution < 1.29 is 0 Å². The Morgan fingerprint density at radius 1 is 1.00 bits per heavy atom. The quantitative estimate of drug-likeness (QED) is 0.153. The van der Waals surface area contributed by atoms with Crippen LogP contribution in [0, 0.1) is 6.92 Å². The zero-order valence-electron chi connectivity index (χ0n) is 18.5. The number of aliphatic imine (C=N–C) groups is 1. The Kier molecular flexibility index (Phi) is 8.61. The lowest BCUT2D eigenvalue weighted by atomic mass is 10.1. The molecule has 2 N–H and O–H groups in total. The normalized spacial score (nSPS) is 11.2. The van der Waals surface area contributed by atoms with Gasteiger partial charge in [-0.2, -0.15) is 0 Å². The van der Waals surface area contributed by atoms with Crippen LogP contribution in [0.4, 0.5) is 0 Å². The number of guanidine groups is 1. The van der Waals surface area contributed by atoms with E-state index in [-0.39, 0.29) is 24.0 Å². The van der Waals surface area contributed by atoms with Gasteiger partial charge in [0, 0.05) is 38.4 Å². The molecule has 0 bridgehead atoms. The monoisotopic (exact) mass is 540 g/mol. The van der Waals surface area contributed by atoms with E-state index in [2.05, 4.69) is 79.5 Å². The third kappa shape index (κ3) is 5.85. The van der Waals surface area contributed by atoms with Crippen molar-refractivity contribution in [2.24, 2.45) is 4.99 Å². The molecule has 2 aromatic heterocycles. The molecule has 0 amide bonds. The molecular formula is C25H29IN6. The molecule has 6 nitrogen and oxygen atoms in total. The van der Waals surface area contributed by atoms with Crippen LogP contribution in [0.3, 0.4) is 0 Å². The summed E-state index contributed by atoms with van der Waals surface area (Å²) in [5, 5.41) is 6.81. The van der Waals surface area contributed by atoms with E-state index in [1.165, 1.54) is 11.1 Å². The zero-order chi connectivity index (χ0) is 21.5. The molecule has 0 unspecified atom stereocenters. The number of nitrogens with zero attached hydrogens (tertiary/aromatic N) is 4. The van der Waals surface area contributed by atoms with Crippen LogP contribution in [0.1, 0.15) is 17.8 Å². The third-order valence-corrected chi connectivity index (χ3v) is 5.27. The average Bonchev–Trinajstić information content (AvgIpc) is 3.14. The number of halogens is 1. The summed E-state index contributed by atoms with van der Waals surface area (Å²) in [5.41, 5.74) is 5.53. The minimum Gasteiger partial charge on any atom is -0.356 e. The number of pyridine rings is 1. The van der Waals surface area contributed by atoms with Crippen molar-refractivity contribution in [2.75, 3.05) is 13.6 Å². The van der Waals surface area contributed by atoms with E-state index in [9.17, 15) is 0 Å². The molecule has 4 aromatic rings. The molecule has 0 fully saturated rings. The molecule has 166 valence electrons. The van der Waals surface area contributed by atoms with Gasteiger partial charge in [-0.15, -0.1) is 24.0 Å². The highest BCUT2D eigenvalue weighted by molar-refractivity contribution is 14.0.